The van der Waals surface area contributed by atoms with E-state index < -0.39 is 0 Å². The largest absolute Gasteiger partial charge is 0.469 e. The van der Waals surface area contributed by atoms with E-state index in [1.807, 2.05) is 6.92 Å². The number of methoxy groups -OCH3 is 1. The molecule has 0 aliphatic carbocycles. The van der Waals surface area contributed by atoms with Gasteiger partial charge in [0.25, 0.3) is 0 Å². The first kappa shape index (κ1) is 7.82. The van der Waals surface area contributed by atoms with Crippen LogP contribution in [0, 0.1) is 0 Å². The van der Waals surface area contributed by atoms with E-state index in [-0.39, 0.29) is 11.2 Å². The van der Waals surface area contributed by atoms with E-state index in [9.17, 15) is 4.79 Å². The minimum atomic E-state index is -0.201. The summed E-state index contributed by atoms with van der Waals surface area (Å²) in [5.74, 6) is -0.201. The molecule has 3 heteroatoms. The molecule has 0 rings (SSSR count). The molecule has 0 fully saturated rings. The predicted octanol–water partition coefficient (Wildman–Crippen LogP) is 0.868. The molecule has 2 nitrogen and oxygen atoms in total. The van der Waals surface area contributed by atoms with Crippen molar-refractivity contribution in [2.24, 2.45) is 0 Å². The monoisotopic (exact) mass is 134 g/mol. The predicted molar refractivity (Wildman–Crippen MR) is 35.1 cm³/mol. The molecule has 48 valence electrons. The van der Waals surface area contributed by atoms with Crippen LogP contribution in [0.3, 0.4) is 0 Å². The van der Waals surface area contributed by atoms with Gasteiger partial charge in [-0.1, -0.05) is 6.92 Å². The Kier molecular flexibility index (Phi) is 3.69. The van der Waals surface area contributed by atoms with Crippen LogP contribution in [0.4, 0.5) is 0 Å². The molecule has 0 aliphatic heterocycles. The van der Waals surface area contributed by atoms with Gasteiger partial charge in [-0.3, -0.25) is 4.79 Å². The smallest absolute Gasteiger partial charge is 0.306 e. The van der Waals surface area contributed by atoms with Crippen molar-refractivity contribution >= 4 is 18.6 Å². The summed E-state index contributed by atoms with van der Waals surface area (Å²) in [7, 11) is 1.37. The van der Waals surface area contributed by atoms with Crippen LogP contribution in [0.2, 0.25) is 0 Å². The Labute approximate surface area is 54.6 Å². The van der Waals surface area contributed by atoms with Crippen molar-refractivity contribution in [2.45, 2.75) is 18.6 Å². The van der Waals surface area contributed by atoms with Crippen molar-refractivity contribution in [3.8, 4) is 0 Å². The van der Waals surface area contributed by atoms with E-state index in [0.29, 0.717) is 6.42 Å². The van der Waals surface area contributed by atoms with Crippen LogP contribution < -0.4 is 0 Å². The zero-order valence-corrected chi connectivity index (χ0v) is 5.94. The van der Waals surface area contributed by atoms with Crippen LogP contribution in [0.5, 0.6) is 0 Å². The average Bonchev–Trinajstić information content (AvgIpc) is 1.65. The molecule has 0 unspecified atom stereocenters. The summed E-state index contributed by atoms with van der Waals surface area (Å²) < 4.78 is 4.37. The fourth-order valence-electron chi connectivity index (χ4n) is 0.325. The summed E-state index contributed by atoms with van der Waals surface area (Å²) in [5.41, 5.74) is 0. The molecule has 0 aliphatic rings. The highest BCUT2D eigenvalue weighted by Gasteiger charge is 2.02. The maximum absolute atomic E-state index is 10.4. The van der Waals surface area contributed by atoms with Crippen molar-refractivity contribution in [3.63, 3.8) is 0 Å². The zero-order valence-electron chi connectivity index (χ0n) is 5.05. The third kappa shape index (κ3) is 3.99. The number of hydrogen-bond acceptors (Lipinski definition) is 3. The molecule has 0 aromatic carbocycles. The van der Waals surface area contributed by atoms with Gasteiger partial charge < -0.3 is 4.74 Å². The summed E-state index contributed by atoms with van der Waals surface area (Å²) in [5, 5.41) is 0.0995. The number of esters is 1. The Morgan fingerprint density at radius 3 is 2.50 bits per heavy atom. The quantitative estimate of drug-likeness (QED) is 0.448. The van der Waals surface area contributed by atoms with Crippen molar-refractivity contribution in [1.29, 1.82) is 0 Å². The molecule has 0 saturated heterocycles. The normalized spacial score (nSPS) is 12.9. The van der Waals surface area contributed by atoms with Crippen LogP contribution in [0.15, 0.2) is 0 Å². The molecule has 0 radical (unpaired) electrons. The fraction of sp³-hybridized carbons (Fsp3) is 0.800. The van der Waals surface area contributed by atoms with E-state index in [1.165, 1.54) is 7.11 Å². The number of thiol groups is 1. The molecule has 0 bridgehead atoms. The van der Waals surface area contributed by atoms with Gasteiger partial charge in [-0.2, -0.15) is 12.6 Å². The highest BCUT2D eigenvalue weighted by atomic mass is 32.1. The first-order valence-electron chi connectivity index (χ1n) is 2.41. The average molecular weight is 134 g/mol. The van der Waals surface area contributed by atoms with Crippen LogP contribution in [-0.4, -0.2) is 18.3 Å². The second-order valence-electron chi connectivity index (χ2n) is 1.63. The van der Waals surface area contributed by atoms with E-state index in [0.717, 1.165) is 0 Å². The minimum Gasteiger partial charge on any atom is -0.469 e. The lowest BCUT2D eigenvalue weighted by Crippen LogP contribution is -2.05. The number of ether oxygens (including phenoxy) is 1. The highest BCUT2D eigenvalue weighted by Crippen LogP contribution is 1.98. The van der Waals surface area contributed by atoms with Crippen LogP contribution >= 0.6 is 12.6 Å². The Morgan fingerprint density at radius 1 is 1.88 bits per heavy atom. The Morgan fingerprint density at radius 2 is 2.38 bits per heavy atom. The van der Waals surface area contributed by atoms with E-state index in [4.69, 9.17) is 0 Å². The van der Waals surface area contributed by atoms with Crippen LogP contribution in [-0.2, 0) is 9.53 Å². The first-order chi connectivity index (χ1) is 3.66. The van der Waals surface area contributed by atoms with Crippen LogP contribution in [0.1, 0.15) is 13.3 Å². The minimum absolute atomic E-state index is 0.0995. The summed E-state index contributed by atoms with van der Waals surface area (Å²) >= 11 is 3.99. The third-order valence-corrected chi connectivity index (χ3v) is 0.872. The Balaban J connectivity index is 3.25. The van der Waals surface area contributed by atoms with Gasteiger partial charge in [0, 0.05) is 5.25 Å². The Hall–Kier alpha value is -0.180. The SMILES string of the molecule is COC(=O)C[C@H](C)S. The van der Waals surface area contributed by atoms with E-state index in [1.54, 1.807) is 0 Å². The molecule has 0 aromatic heterocycles. The van der Waals surface area contributed by atoms with E-state index >= 15 is 0 Å². The standard InChI is InChI=1S/C5H10O2S/c1-4(8)3-5(6)7-2/h4,8H,3H2,1-2H3/t4-/m0/s1. The lowest BCUT2D eigenvalue weighted by molar-refractivity contribution is -0.140. The molecule has 8 heavy (non-hydrogen) atoms. The van der Waals surface area contributed by atoms with Gasteiger partial charge in [-0.25, -0.2) is 0 Å². The molecule has 0 heterocycles. The summed E-state index contributed by atoms with van der Waals surface area (Å²) in [4.78, 5) is 10.4. The van der Waals surface area contributed by atoms with Crippen molar-refractivity contribution in [3.05, 3.63) is 0 Å². The van der Waals surface area contributed by atoms with Crippen molar-refractivity contribution < 1.29 is 9.53 Å². The van der Waals surface area contributed by atoms with Gasteiger partial charge in [0.1, 0.15) is 0 Å². The number of rotatable bonds is 2. The molecule has 0 saturated carbocycles. The van der Waals surface area contributed by atoms with Crippen molar-refractivity contribution in [2.75, 3.05) is 7.11 Å². The number of carbonyl (C=O) groups is 1. The second kappa shape index (κ2) is 3.78. The van der Waals surface area contributed by atoms with Gasteiger partial charge in [0.05, 0.1) is 13.5 Å². The Bertz CT molecular complexity index is 80.5. The highest BCUT2D eigenvalue weighted by molar-refractivity contribution is 7.80. The molecule has 1 atom stereocenters. The maximum Gasteiger partial charge on any atom is 0.306 e. The molecule has 0 N–H and O–H groups in total. The van der Waals surface area contributed by atoms with Crippen LogP contribution in [0.25, 0.3) is 0 Å². The summed E-state index contributed by atoms with van der Waals surface area (Å²) in [6.07, 6.45) is 0.389. The maximum atomic E-state index is 10.4. The molecular formula is C5H10O2S. The van der Waals surface area contributed by atoms with Gasteiger partial charge >= 0.3 is 5.97 Å². The van der Waals surface area contributed by atoms with Crippen molar-refractivity contribution in [1.82, 2.24) is 0 Å². The third-order valence-electron chi connectivity index (χ3n) is 0.690. The topological polar surface area (TPSA) is 26.3 Å². The van der Waals surface area contributed by atoms with Gasteiger partial charge in [-0.15, -0.1) is 0 Å². The summed E-state index contributed by atoms with van der Waals surface area (Å²) in [6, 6.07) is 0. The second-order valence-corrected chi connectivity index (χ2v) is 2.51. The zero-order chi connectivity index (χ0) is 6.57. The number of carbonyl (C=O) groups excluding carboxylic acids is 1. The molecule has 0 spiro atoms. The van der Waals surface area contributed by atoms with Gasteiger partial charge in [-0.05, 0) is 0 Å². The van der Waals surface area contributed by atoms with Gasteiger partial charge in [0.2, 0.25) is 0 Å². The molecular weight excluding hydrogens is 124 g/mol. The van der Waals surface area contributed by atoms with E-state index in [2.05, 4.69) is 17.4 Å². The first-order valence-corrected chi connectivity index (χ1v) is 2.93. The van der Waals surface area contributed by atoms with Gasteiger partial charge in [0.15, 0.2) is 0 Å². The lowest BCUT2D eigenvalue weighted by Gasteiger charge is -1.99. The molecule has 0 aromatic rings. The molecule has 0 amide bonds. The summed E-state index contributed by atoms with van der Waals surface area (Å²) in [6.45, 7) is 1.85. The number of hydrogen-bond donors (Lipinski definition) is 1. The lowest BCUT2D eigenvalue weighted by atomic mass is 10.3. The fourth-order valence-corrected chi connectivity index (χ4v) is 0.474.